The molecule has 1 fully saturated rings. The first-order valence-corrected chi connectivity index (χ1v) is 7.99. The van der Waals surface area contributed by atoms with Crippen molar-refractivity contribution in [2.45, 2.75) is 45.6 Å². The second-order valence-corrected chi connectivity index (χ2v) is 6.37. The summed E-state index contributed by atoms with van der Waals surface area (Å²) in [4.78, 5) is 23.5. The van der Waals surface area contributed by atoms with Gasteiger partial charge in [0.1, 0.15) is 5.58 Å². The fourth-order valence-corrected chi connectivity index (χ4v) is 3.34. The lowest BCUT2D eigenvalue weighted by Gasteiger charge is -2.26. The minimum Gasteiger partial charge on any atom is -0.481 e. The molecule has 1 aromatic carbocycles. The zero-order chi connectivity index (χ0) is 16.6. The number of carbonyl (C=O) groups is 2. The number of hydrogen-bond donors (Lipinski definition) is 2. The Labute approximate surface area is 134 Å². The van der Waals surface area contributed by atoms with Gasteiger partial charge in [-0.05, 0) is 45.1 Å². The first kappa shape index (κ1) is 15.6. The van der Waals surface area contributed by atoms with Crippen molar-refractivity contribution in [2.24, 2.45) is 5.92 Å². The first-order valence-electron chi connectivity index (χ1n) is 7.99. The molecule has 23 heavy (non-hydrogen) atoms. The van der Waals surface area contributed by atoms with Crippen LogP contribution in [0.4, 0.5) is 0 Å². The van der Waals surface area contributed by atoms with Crippen LogP contribution in [0.1, 0.15) is 47.4 Å². The molecule has 0 saturated heterocycles. The number of carboxylic acid groups (broad SMARTS) is 1. The molecule has 0 unspecified atom stereocenters. The third-order valence-electron chi connectivity index (χ3n) is 4.78. The maximum atomic E-state index is 12.5. The third kappa shape index (κ3) is 2.96. The fourth-order valence-electron chi connectivity index (χ4n) is 3.34. The highest BCUT2D eigenvalue weighted by atomic mass is 16.4. The van der Waals surface area contributed by atoms with Gasteiger partial charge >= 0.3 is 5.97 Å². The molecule has 0 radical (unpaired) electrons. The van der Waals surface area contributed by atoms with E-state index < -0.39 is 5.97 Å². The molecule has 0 spiro atoms. The minimum atomic E-state index is -0.738. The lowest BCUT2D eigenvalue weighted by Crippen LogP contribution is -2.38. The topological polar surface area (TPSA) is 79.5 Å². The van der Waals surface area contributed by atoms with Crippen LogP contribution in [0.3, 0.4) is 0 Å². The van der Waals surface area contributed by atoms with Crippen LogP contribution in [0.25, 0.3) is 11.0 Å². The quantitative estimate of drug-likeness (QED) is 0.909. The maximum absolute atomic E-state index is 12.5. The van der Waals surface area contributed by atoms with Gasteiger partial charge in [0, 0.05) is 17.0 Å². The normalized spacial score (nSPS) is 21.3. The minimum absolute atomic E-state index is 0.0202. The monoisotopic (exact) mass is 315 g/mol. The lowest BCUT2D eigenvalue weighted by atomic mass is 9.86. The van der Waals surface area contributed by atoms with Gasteiger partial charge in [0.25, 0.3) is 5.91 Å². The first-order chi connectivity index (χ1) is 11.0. The molecular formula is C18H21NO4. The van der Waals surface area contributed by atoms with E-state index in [2.05, 4.69) is 5.32 Å². The summed E-state index contributed by atoms with van der Waals surface area (Å²) in [6.45, 7) is 3.85. The Morgan fingerprint density at radius 1 is 1.17 bits per heavy atom. The number of furan rings is 1. The summed E-state index contributed by atoms with van der Waals surface area (Å²) < 4.78 is 5.79. The Morgan fingerprint density at radius 2 is 1.87 bits per heavy atom. The summed E-state index contributed by atoms with van der Waals surface area (Å²) >= 11 is 0. The number of amides is 1. The molecule has 122 valence electrons. The van der Waals surface area contributed by atoms with Crippen LogP contribution in [0.5, 0.6) is 0 Å². The van der Waals surface area contributed by atoms with Crippen molar-refractivity contribution in [3.63, 3.8) is 0 Å². The number of para-hydroxylation sites is 1. The predicted molar refractivity (Wildman–Crippen MR) is 86.5 cm³/mol. The van der Waals surface area contributed by atoms with Gasteiger partial charge in [0.15, 0.2) is 5.76 Å². The number of aryl methyl sites for hydroxylation is 2. The summed E-state index contributed by atoms with van der Waals surface area (Å²) in [7, 11) is 0. The molecule has 5 nitrogen and oxygen atoms in total. The predicted octanol–water partition coefficient (Wildman–Crippen LogP) is 3.42. The van der Waals surface area contributed by atoms with Gasteiger partial charge in [-0.3, -0.25) is 9.59 Å². The Kier molecular flexibility index (Phi) is 4.11. The molecule has 1 saturated carbocycles. The standard InChI is InChI=1S/C18H21NO4/c1-10-4-3-5-14-11(2)16(23-15(10)14)17(20)19-13-8-6-12(7-9-13)18(21)22/h3-5,12-13H,6-9H2,1-2H3,(H,19,20)(H,21,22). The van der Waals surface area contributed by atoms with E-state index >= 15 is 0 Å². The average molecular weight is 315 g/mol. The highest BCUT2D eigenvalue weighted by Gasteiger charge is 2.28. The van der Waals surface area contributed by atoms with E-state index in [0.717, 1.165) is 22.1 Å². The van der Waals surface area contributed by atoms with Gasteiger partial charge in [-0.25, -0.2) is 0 Å². The van der Waals surface area contributed by atoms with Crippen molar-refractivity contribution in [2.75, 3.05) is 0 Å². The van der Waals surface area contributed by atoms with E-state index in [1.807, 2.05) is 32.0 Å². The van der Waals surface area contributed by atoms with Crippen LogP contribution in [0.15, 0.2) is 22.6 Å². The Bertz CT molecular complexity index is 754. The molecule has 1 aliphatic carbocycles. The summed E-state index contributed by atoms with van der Waals surface area (Å²) in [5, 5.41) is 13.0. The van der Waals surface area contributed by atoms with Gasteiger partial charge in [-0.1, -0.05) is 18.2 Å². The average Bonchev–Trinajstić information content (AvgIpc) is 2.87. The number of aliphatic carboxylic acids is 1. The summed E-state index contributed by atoms with van der Waals surface area (Å²) in [6, 6.07) is 5.89. The number of fused-ring (bicyclic) bond motifs is 1. The van der Waals surface area contributed by atoms with E-state index in [1.165, 1.54) is 0 Å². The highest BCUT2D eigenvalue weighted by Crippen LogP contribution is 2.29. The van der Waals surface area contributed by atoms with Gasteiger partial charge in [-0.15, -0.1) is 0 Å². The second kappa shape index (κ2) is 6.07. The van der Waals surface area contributed by atoms with Crippen LogP contribution >= 0.6 is 0 Å². The molecular weight excluding hydrogens is 294 g/mol. The SMILES string of the molecule is Cc1c(C(=O)NC2CCC(C(=O)O)CC2)oc2c(C)cccc12. The van der Waals surface area contributed by atoms with Gasteiger partial charge < -0.3 is 14.8 Å². The number of nitrogens with one attached hydrogen (secondary N) is 1. The molecule has 0 aliphatic heterocycles. The Balaban J connectivity index is 1.73. The molecule has 1 aliphatic rings. The van der Waals surface area contributed by atoms with Crippen LogP contribution in [0.2, 0.25) is 0 Å². The molecule has 1 amide bonds. The molecule has 1 heterocycles. The number of rotatable bonds is 3. The molecule has 0 bridgehead atoms. The number of carboxylic acids is 1. The van der Waals surface area contributed by atoms with E-state index in [4.69, 9.17) is 9.52 Å². The van der Waals surface area contributed by atoms with Gasteiger partial charge in [-0.2, -0.15) is 0 Å². The van der Waals surface area contributed by atoms with Crippen LogP contribution in [0, 0.1) is 19.8 Å². The van der Waals surface area contributed by atoms with Crippen molar-refractivity contribution in [3.05, 3.63) is 35.1 Å². The summed E-state index contributed by atoms with van der Waals surface area (Å²) in [6.07, 6.45) is 2.61. The largest absolute Gasteiger partial charge is 0.481 e. The molecule has 3 rings (SSSR count). The third-order valence-corrected chi connectivity index (χ3v) is 4.78. The van der Waals surface area contributed by atoms with Crippen LogP contribution in [-0.2, 0) is 4.79 Å². The zero-order valence-electron chi connectivity index (χ0n) is 13.4. The lowest BCUT2D eigenvalue weighted by molar-refractivity contribution is -0.142. The molecule has 2 aromatic rings. The zero-order valence-corrected chi connectivity index (χ0v) is 13.4. The van der Waals surface area contributed by atoms with Crippen molar-refractivity contribution in [3.8, 4) is 0 Å². The van der Waals surface area contributed by atoms with Gasteiger partial charge in [0.05, 0.1) is 5.92 Å². The smallest absolute Gasteiger partial charge is 0.306 e. The summed E-state index contributed by atoms with van der Waals surface area (Å²) in [5.41, 5.74) is 2.61. The maximum Gasteiger partial charge on any atom is 0.306 e. The van der Waals surface area contributed by atoms with E-state index in [-0.39, 0.29) is 17.9 Å². The molecule has 5 heteroatoms. The number of hydrogen-bond acceptors (Lipinski definition) is 3. The van der Waals surface area contributed by atoms with Crippen molar-refractivity contribution >= 4 is 22.8 Å². The molecule has 0 atom stereocenters. The summed E-state index contributed by atoms with van der Waals surface area (Å²) in [5.74, 6) is -0.872. The fraction of sp³-hybridized carbons (Fsp3) is 0.444. The second-order valence-electron chi connectivity index (χ2n) is 6.37. The van der Waals surface area contributed by atoms with Crippen LogP contribution < -0.4 is 5.32 Å². The molecule has 2 N–H and O–H groups in total. The Morgan fingerprint density at radius 3 is 2.48 bits per heavy atom. The van der Waals surface area contributed by atoms with E-state index in [0.29, 0.717) is 31.4 Å². The Hall–Kier alpha value is -2.30. The number of carbonyl (C=O) groups excluding carboxylic acids is 1. The van der Waals surface area contributed by atoms with Gasteiger partial charge in [0.2, 0.25) is 0 Å². The van der Waals surface area contributed by atoms with Crippen molar-refractivity contribution < 1.29 is 19.1 Å². The van der Waals surface area contributed by atoms with Crippen molar-refractivity contribution in [1.29, 1.82) is 0 Å². The van der Waals surface area contributed by atoms with Crippen LogP contribution in [-0.4, -0.2) is 23.0 Å². The molecule has 1 aromatic heterocycles. The van der Waals surface area contributed by atoms with E-state index in [9.17, 15) is 9.59 Å². The van der Waals surface area contributed by atoms with Crippen molar-refractivity contribution in [1.82, 2.24) is 5.32 Å². The van der Waals surface area contributed by atoms with E-state index in [1.54, 1.807) is 0 Å². The highest BCUT2D eigenvalue weighted by molar-refractivity contribution is 5.99. The number of benzene rings is 1.